The molecule has 0 aliphatic heterocycles. The van der Waals surface area contributed by atoms with Crippen molar-refractivity contribution in [2.45, 2.75) is 20.4 Å². The Kier molecular flexibility index (Phi) is 7.66. The number of carbonyl (C=O) groups is 1. The molecule has 0 unspecified atom stereocenters. The van der Waals surface area contributed by atoms with Crippen LogP contribution in [0, 0.1) is 17.1 Å². The number of aromatic nitrogens is 1. The number of nitriles is 1. The molecule has 4 aromatic rings. The highest BCUT2D eigenvalue weighted by Crippen LogP contribution is 2.32. The average Bonchev–Trinajstić information content (AvgIpc) is 3.18. The van der Waals surface area contributed by atoms with E-state index in [0.29, 0.717) is 22.7 Å². The number of carboxylic acids is 1. The second kappa shape index (κ2) is 10.6. The predicted molar refractivity (Wildman–Crippen MR) is 131 cm³/mol. The van der Waals surface area contributed by atoms with E-state index in [1.165, 1.54) is 24.3 Å². The lowest BCUT2D eigenvalue weighted by Gasteiger charge is -2.06. The smallest absolute Gasteiger partial charge is 0.335 e. The van der Waals surface area contributed by atoms with Crippen LogP contribution in [0.15, 0.2) is 72.9 Å². The summed E-state index contributed by atoms with van der Waals surface area (Å²) in [7, 11) is 0. The zero-order valence-corrected chi connectivity index (χ0v) is 19.0. The van der Waals surface area contributed by atoms with Crippen molar-refractivity contribution in [3.05, 3.63) is 106 Å². The summed E-state index contributed by atoms with van der Waals surface area (Å²) in [6.07, 6.45) is 3.65. The number of allylic oxidation sites excluding steroid dienone is 1. The molecule has 3 aromatic carbocycles. The molecule has 0 saturated heterocycles. The molecular weight excluding hydrogens is 439 g/mol. The van der Waals surface area contributed by atoms with Gasteiger partial charge in [-0.3, -0.25) is 0 Å². The van der Waals surface area contributed by atoms with Crippen LogP contribution in [0.3, 0.4) is 0 Å². The van der Waals surface area contributed by atoms with Gasteiger partial charge >= 0.3 is 5.97 Å². The van der Waals surface area contributed by atoms with Crippen LogP contribution in [0.25, 0.3) is 22.6 Å². The van der Waals surface area contributed by atoms with Gasteiger partial charge < -0.3 is 9.67 Å². The number of fused-ring (bicyclic) bond motifs is 1. The molecule has 0 saturated carbocycles. The fourth-order valence-electron chi connectivity index (χ4n) is 3.49. The van der Waals surface area contributed by atoms with E-state index in [4.69, 9.17) is 16.7 Å². The Bertz CT molecular complexity index is 1350. The molecule has 0 spiro atoms. The molecule has 4 rings (SSSR count). The number of benzene rings is 3. The zero-order chi connectivity index (χ0) is 24.0. The highest BCUT2D eigenvalue weighted by molar-refractivity contribution is 6.36. The van der Waals surface area contributed by atoms with Crippen LogP contribution in [0.2, 0.25) is 5.02 Å². The molecule has 0 aliphatic carbocycles. The summed E-state index contributed by atoms with van der Waals surface area (Å²) in [6.45, 7) is 4.51. The van der Waals surface area contributed by atoms with E-state index in [-0.39, 0.29) is 11.4 Å². The van der Waals surface area contributed by atoms with Gasteiger partial charge in [-0.05, 0) is 53.6 Å². The van der Waals surface area contributed by atoms with Crippen molar-refractivity contribution in [3.63, 3.8) is 0 Å². The average molecular weight is 461 g/mol. The molecule has 6 heteroatoms. The number of carboxylic acid groups (broad SMARTS) is 1. The van der Waals surface area contributed by atoms with Gasteiger partial charge in [0.2, 0.25) is 0 Å². The van der Waals surface area contributed by atoms with E-state index in [2.05, 4.69) is 6.07 Å². The van der Waals surface area contributed by atoms with Crippen molar-refractivity contribution in [2.75, 3.05) is 0 Å². The quantitative estimate of drug-likeness (QED) is 0.318. The molecule has 0 amide bonds. The number of halogens is 2. The maximum atomic E-state index is 13.3. The van der Waals surface area contributed by atoms with Crippen molar-refractivity contribution in [2.24, 2.45) is 0 Å². The summed E-state index contributed by atoms with van der Waals surface area (Å²) < 4.78 is 15.3. The zero-order valence-electron chi connectivity index (χ0n) is 18.2. The summed E-state index contributed by atoms with van der Waals surface area (Å²) in [4.78, 5) is 11.1. The third-order valence-corrected chi connectivity index (χ3v) is 5.33. The van der Waals surface area contributed by atoms with E-state index in [1.54, 1.807) is 36.4 Å². The summed E-state index contributed by atoms with van der Waals surface area (Å²) in [5.74, 6) is -1.31. The Labute approximate surface area is 196 Å². The third kappa shape index (κ3) is 5.31. The standard InChI is InChI=1S/C25H16ClFN2O2.C2H6/c26-22-2-1-3-23-24(22)20(15-29(23)14-16-4-10-21(27)11-5-16)12-19(13-28)17-6-8-18(9-7-17)25(30)31;1-2/h1-12,15H,14H2,(H,30,31);1-2H3/b19-12+;. The van der Waals surface area contributed by atoms with Crippen LogP contribution in [0.4, 0.5) is 4.39 Å². The van der Waals surface area contributed by atoms with Crippen LogP contribution in [-0.4, -0.2) is 15.6 Å². The van der Waals surface area contributed by atoms with Gasteiger partial charge in [0.15, 0.2) is 0 Å². The van der Waals surface area contributed by atoms with E-state index in [1.807, 2.05) is 36.7 Å². The minimum Gasteiger partial charge on any atom is -0.478 e. The van der Waals surface area contributed by atoms with Crippen LogP contribution in [-0.2, 0) is 6.54 Å². The monoisotopic (exact) mass is 460 g/mol. The van der Waals surface area contributed by atoms with Crippen LogP contribution < -0.4 is 0 Å². The van der Waals surface area contributed by atoms with Gasteiger partial charge in [-0.25, -0.2) is 9.18 Å². The summed E-state index contributed by atoms with van der Waals surface area (Å²) in [5.41, 5.74) is 3.73. The number of hydrogen-bond acceptors (Lipinski definition) is 2. The molecule has 1 N–H and O–H groups in total. The number of rotatable bonds is 5. The lowest BCUT2D eigenvalue weighted by atomic mass is 10.0. The van der Waals surface area contributed by atoms with E-state index in [0.717, 1.165) is 22.0 Å². The van der Waals surface area contributed by atoms with Crippen molar-refractivity contribution in [3.8, 4) is 6.07 Å². The van der Waals surface area contributed by atoms with Gasteiger partial charge in [0, 0.05) is 23.7 Å². The number of aromatic carboxylic acids is 1. The van der Waals surface area contributed by atoms with Crippen LogP contribution in [0.1, 0.15) is 40.9 Å². The van der Waals surface area contributed by atoms with Crippen LogP contribution >= 0.6 is 11.6 Å². The maximum absolute atomic E-state index is 13.3. The normalized spacial score (nSPS) is 10.9. The minimum atomic E-state index is -1.02. The highest BCUT2D eigenvalue weighted by Gasteiger charge is 2.13. The molecule has 1 heterocycles. The molecule has 166 valence electrons. The van der Waals surface area contributed by atoms with E-state index < -0.39 is 5.97 Å². The molecule has 0 fully saturated rings. The Morgan fingerprint density at radius 3 is 2.30 bits per heavy atom. The Hall–Kier alpha value is -3.88. The first-order valence-electron chi connectivity index (χ1n) is 10.4. The van der Waals surface area contributed by atoms with Crippen LogP contribution in [0.5, 0.6) is 0 Å². The van der Waals surface area contributed by atoms with Gasteiger partial charge in [0.05, 0.1) is 27.7 Å². The van der Waals surface area contributed by atoms with Gasteiger partial charge in [-0.1, -0.05) is 55.8 Å². The van der Waals surface area contributed by atoms with Crippen molar-refractivity contribution in [1.82, 2.24) is 4.57 Å². The van der Waals surface area contributed by atoms with Crippen molar-refractivity contribution >= 4 is 40.1 Å². The first-order valence-corrected chi connectivity index (χ1v) is 10.8. The van der Waals surface area contributed by atoms with E-state index in [9.17, 15) is 14.4 Å². The SMILES string of the molecule is CC.N#C/C(=C\c1cn(Cc2ccc(F)cc2)c2cccc(Cl)c12)c1ccc(C(=O)O)cc1. The van der Waals surface area contributed by atoms with Crippen molar-refractivity contribution < 1.29 is 14.3 Å². The van der Waals surface area contributed by atoms with E-state index >= 15 is 0 Å². The predicted octanol–water partition coefficient (Wildman–Crippen LogP) is 7.27. The van der Waals surface area contributed by atoms with Gasteiger partial charge in [-0.2, -0.15) is 5.26 Å². The fraction of sp³-hybridized carbons (Fsp3) is 0.111. The summed E-state index contributed by atoms with van der Waals surface area (Å²) in [5, 5.41) is 20.2. The summed E-state index contributed by atoms with van der Waals surface area (Å²) >= 11 is 6.49. The second-order valence-electron chi connectivity index (χ2n) is 7.03. The lowest BCUT2D eigenvalue weighted by Crippen LogP contribution is -1.97. The van der Waals surface area contributed by atoms with Gasteiger partial charge in [0.25, 0.3) is 0 Å². The molecule has 0 atom stereocenters. The molecular formula is C27H22ClFN2O2. The third-order valence-electron chi connectivity index (χ3n) is 5.01. The first kappa shape index (κ1) is 23.8. The highest BCUT2D eigenvalue weighted by atomic mass is 35.5. The molecule has 0 bridgehead atoms. The minimum absolute atomic E-state index is 0.153. The first-order chi connectivity index (χ1) is 16.0. The fourth-order valence-corrected chi connectivity index (χ4v) is 3.77. The van der Waals surface area contributed by atoms with Crippen molar-refractivity contribution in [1.29, 1.82) is 5.26 Å². The second-order valence-corrected chi connectivity index (χ2v) is 7.43. The van der Waals surface area contributed by atoms with Gasteiger partial charge in [-0.15, -0.1) is 0 Å². The molecule has 33 heavy (non-hydrogen) atoms. The Balaban J connectivity index is 0.00000149. The Morgan fingerprint density at radius 2 is 1.70 bits per heavy atom. The number of nitrogens with zero attached hydrogens (tertiary/aromatic N) is 2. The molecule has 0 radical (unpaired) electrons. The lowest BCUT2D eigenvalue weighted by molar-refractivity contribution is 0.0697. The molecule has 1 aromatic heterocycles. The van der Waals surface area contributed by atoms with Gasteiger partial charge in [0.1, 0.15) is 5.82 Å². The summed E-state index contributed by atoms with van der Waals surface area (Å²) in [6, 6.07) is 20.2. The Morgan fingerprint density at radius 1 is 1.06 bits per heavy atom. The largest absolute Gasteiger partial charge is 0.478 e. The maximum Gasteiger partial charge on any atom is 0.335 e. The molecule has 0 aliphatic rings. The number of hydrogen-bond donors (Lipinski definition) is 1. The topological polar surface area (TPSA) is 66.0 Å². The molecule has 4 nitrogen and oxygen atoms in total.